The van der Waals surface area contributed by atoms with Crippen molar-refractivity contribution in [1.29, 1.82) is 0 Å². The molecule has 1 aromatic heterocycles. The first-order valence-corrected chi connectivity index (χ1v) is 6.06. The highest BCUT2D eigenvalue weighted by Gasteiger charge is 2.16. The van der Waals surface area contributed by atoms with Gasteiger partial charge in [-0.25, -0.2) is 13.2 Å². The smallest absolute Gasteiger partial charge is 0.195 e. The fraction of sp³-hybridized carbons (Fsp3) is 0.286. The first-order chi connectivity index (χ1) is 9.13. The molecule has 1 N–H and O–H groups in total. The molecule has 1 aromatic carbocycles. The van der Waals surface area contributed by atoms with Crippen molar-refractivity contribution in [3.05, 3.63) is 47.5 Å². The van der Waals surface area contributed by atoms with Gasteiger partial charge in [0.25, 0.3) is 0 Å². The van der Waals surface area contributed by atoms with Crippen LogP contribution in [-0.4, -0.2) is 6.54 Å². The molecule has 0 spiro atoms. The molecule has 19 heavy (non-hydrogen) atoms. The molecule has 102 valence electrons. The van der Waals surface area contributed by atoms with Gasteiger partial charge < -0.3 is 9.73 Å². The highest BCUT2D eigenvalue weighted by Crippen LogP contribution is 2.27. The Morgan fingerprint density at radius 1 is 1.05 bits per heavy atom. The number of hydrogen-bond acceptors (Lipinski definition) is 2. The summed E-state index contributed by atoms with van der Waals surface area (Å²) in [5.41, 5.74) is -0.0827. The zero-order valence-corrected chi connectivity index (χ0v) is 10.5. The van der Waals surface area contributed by atoms with E-state index in [1.807, 2.05) is 6.92 Å². The minimum Gasteiger partial charge on any atom is -0.460 e. The van der Waals surface area contributed by atoms with Gasteiger partial charge in [-0.05, 0) is 37.2 Å². The summed E-state index contributed by atoms with van der Waals surface area (Å²) in [5, 5.41) is 3.13. The molecular formula is C14H14F3NO. The van der Waals surface area contributed by atoms with Crippen molar-refractivity contribution in [3.63, 3.8) is 0 Å². The molecule has 0 aliphatic heterocycles. The van der Waals surface area contributed by atoms with Gasteiger partial charge in [0.05, 0.1) is 12.1 Å². The second-order valence-electron chi connectivity index (χ2n) is 4.17. The van der Waals surface area contributed by atoms with Crippen molar-refractivity contribution in [1.82, 2.24) is 5.32 Å². The van der Waals surface area contributed by atoms with Gasteiger partial charge in [0, 0.05) is 0 Å². The lowest BCUT2D eigenvalue weighted by Gasteiger charge is -2.02. The zero-order chi connectivity index (χ0) is 13.8. The number of halogens is 3. The molecule has 0 saturated heterocycles. The highest BCUT2D eigenvalue weighted by atomic mass is 19.2. The third-order valence-electron chi connectivity index (χ3n) is 2.69. The van der Waals surface area contributed by atoms with E-state index in [0.717, 1.165) is 25.1 Å². The molecule has 0 fully saturated rings. The molecule has 0 saturated carbocycles. The molecule has 0 bridgehead atoms. The molecule has 1 heterocycles. The SMILES string of the molecule is CCCNCc1ccc(-c2ccc(F)c(F)c2F)o1. The Morgan fingerprint density at radius 3 is 2.58 bits per heavy atom. The lowest BCUT2D eigenvalue weighted by molar-refractivity contribution is 0.443. The quantitative estimate of drug-likeness (QED) is 0.658. The first kappa shape index (κ1) is 13.7. The minimum atomic E-state index is -1.49. The Labute approximate surface area is 109 Å². The van der Waals surface area contributed by atoms with Gasteiger partial charge >= 0.3 is 0 Å². The predicted octanol–water partition coefficient (Wildman–Crippen LogP) is 3.86. The fourth-order valence-corrected chi connectivity index (χ4v) is 1.72. The monoisotopic (exact) mass is 269 g/mol. The van der Waals surface area contributed by atoms with Crippen LogP contribution in [0.15, 0.2) is 28.7 Å². The summed E-state index contributed by atoms with van der Waals surface area (Å²) in [4.78, 5) is 0. The largest absolute Gasteiger partial charge is 0.460 e. The number of benzene rings is 1. The summed E-state index contributed by atoms with van der Waals surface area (Å²) in [6, 6.07) is 5.26. The average molecular weight is 269 g/mol. The van der Waals surface area contributed by atoms with Crippen LogP contribution in [0.3, 0.4) is 0 Å². The van der Waals surface area contributed by atoms with Crippen LogP contribution >= 0.6 is 0 Å². The van der Waals surface area contributed by atoms with Crippen LogP contribution in [0.25, 0.3) is 11.3 Å². The van der Waals surface area contributed by atoms with E-state index in [1.54, 1.807) is 12.1 Å². The maximum absolute atomic E-state index is 13.6. The zero-order valence-electron chi connectivity index (χ0n) is 10.5. The number of furan rings is 1. The Hall–Kier alpha value is -1.75. The van der Waals surface area contributed by atoms with E-state index in [4.69, 9.17) is 4.42 Å². The van der Waals surface area contributed by atoms with Crippen LogP contribution in [0.5, 0.6) is 0 Å². The normalized spacial score (nSPS) is 10.9. The van der Waals surface area contributed by atoms with Gasteiger partial charge in [-0.1, -0.05) is 6.92 Å². The van der Waals surface area contributed by atoms with E-state index in [9.17, 15) is 13.2 Å². The van der Waals surface area contributed by atoms with E-state index in [-0.39, 0.29) is 11.3 Å². The summed E-state index contributed by atoms with van der Waals surface area (Å²) in [5.74, 6) is -3.13. The van der Waals surface area contributed by atoms with Crippen molar-refractivity contribution >= 4 is 0 Å². The summed E-state index contributed by atoms with van der Waals surface area (Å²) in [6.45, 7) is 3.39. The van der Waals surface area contributed by atoms with Crippen molar-refractivity contribution in [2.75, 3.05) is 6.54 Å². The third kappa shape index (κ3) is 2.98. The molecule has 0 radical (unpaired) electrons. The highest BCUT2D eigenvalue weighted by molar-refractivity contribution is 5.58. The van der Waals surface area contributed by atoms with E-state index in [1.165, 1.54) is 0 Å². The van der Waals surface area contributed by atoms with Crippen molar-refractivity contribution in [2.45, 2.75) is 19.9 Å². The molecule has 2 aromatic rings. The van der Waals surface area contributed by atoms with Gasteiger partial charge in [0.15, 0.2) is 17.5 Å². The lowest BCUT2D eigenvalue weighted by Crippen LogP contribution is -2.12. The van der Waals surface area contributed by atoms with E-state index in [0.29, 0.717) is 12.3 Å². The molecule has 0 atom stereocenters. The second kappa shape index (κ2) is 5.93. The maximum atomic E-state index is 13.6. The van der Waals surface area contributed by atoms with Gasteiger partial charge in [-0.15, -0.1) is 0 Å². The van der Waals surface area contributed by atoms with Crippen molar-refractivity contribution in [2.24, 2.45) is 0 Å². The van der Waals surface area contributed by atoms with Crippen molar-refractivity contribution < 1.29 is 17.6 Å². The van der Waals surface area contributed by atoms with Gasteiger partial charge in [-0.2, -0.15) is 0 Å². The molecule has 2 rings (SSSR count). The Bertz CT molecular complexity index is 566. The summed E-state index contributed by atoms with van der Waals surface area (Å²) < 4.78 is 44.9. The molecule has 0 aliphatic rings. The summed E-state index contributed by atoms with van der Waals surface area (Å²) in [6.07, 6.45) is 0.991. The Morgan fingerprint density at radius 2 is 1.84 bits per heavy atom. The van der Waals surface area contributed by atoms with Crippen LogP contribution in [0.2, 0.25) is 0 Å². The lowest BCUT2D eigenvalue weighted by atomic mass is 10.1. The Kier molecular flexibility index (Phi) is 4.27. The van der Waals surface area contributed by atoms with Crippen LogP contribution in [-0.2, 0) is 6.54 Å². The van der Waals surface area contributed by atoms with Crippen molar-refractivity contribution in [3.8, 4) is 11.3 Å². The maximum Gasteiger partial charge on any atom is 0.195 e. The van der Waals surface area contributed by atoms with Gasteiger partial charge in [0.2, 0.25) is 0 Å². The predicted molar refractivity (Wildman–Crippen MR) is 66.0 cm³/mol. The topological polar surface area (TPSA) is 25.2 Å². The number of hydrogen-bond donors (Lipinski definition) is 1. The number of rotatable bonds is 5. The fourth-order valence-electron chi connectivity index (χ4n) is 1.72. The van der Waals surface area contributed by atoms with Crippen LogP contribution in [0.1, 0.15) is 19.1 Å². The van der Waals surface area contributed by atoms with E-state index in [2.05, 4.69) is 5.32 Å². The van der Waals surface area contributed by atoms with Gasteiger partial charge in [0.1, 0.15) is 11.5 Å². The van der Waals surface area contributed by atoms with E-state index < -0.39 is 17.5 Å². The molecule has 0 aliphatic carbocycles. The van der Waals surface area contributed by atoms with Crippen LogP contribution in [0.4, 0.5) is 13.2 Å². The standard InChI is InChI=1S/C14H14F3NO/c1-2-7-18-8-9-3-6-12(19-9)10-4-5-11(15)14(17)13(10)16/h3-6,18H,2,7-8H2,1H3. The van der Waals surface area contributed by atoms with Crippen LogP contribution in [0, 0.1) is 17.5 Å². The average Bonchev–Trinajstić information content (AvgIpc) is 2.85. The minimum absolute atomic E-state index is 0.0827. The van der Waals surface area contributed by atoms with E-state index >= 15 is 0 Å². The Balaban J connectivity index is 2.21. The molecule has 0 amide bonds. The molecule has 5 heteroatoms. The molecule has 2 nitrogen and oxygen atoms in total. The first-order valence-electron chi connectivity index (χ1n) is 6.06. The molecule has 0 unspecified atom stereocenters. The third-order valence-corrected chi connectivity index (χ3v) is 2.69. The van der Waals surface area contributed by atoms with Gasteiger partial charge in [-0.3, -0.25) is 0 Å². The summed E-state index contributed by atoms with van der Waals surface area (Å²) in [7, 11) is 0. The molecular weight excluding hydrogens is 255 g/mol. The number of nitrogens with one attached hydrogen (secondary N) is 1. The summed E-state index contributed by atoms with van der Waals surface area (Å²) >= 11 is 0. The van der Waals surface area contributed by atoms with Crippen LogP contribution < -0.4 is 5.32 Å². The second-order valence-corrected chi connectivity index (χ2v) is 4.17.